The molecule has 106 valence electrons. The fraction of sp³-hybridized carbons (Fsp3) is 0.400. The van der Waals surface area contributed by atoms with E-state index in [0.29, 0.717) is 23.8 Å². The average Bonchev–Trinajstić information content (AvgIpc) is 3.27. The lowest BCUT2D eigenvalue weighted by molar-refractivity contribution is 0.329. The molecule has 21 heavy (non-hydrogen) atoms. The van der Waals surface area contributed by atoms with Crippen LogP contribution in [0.25, 0.3) is 21.6 Å². The minimum absolute atomic E-state index is 0.378. The second kappa shape index (κ2) is 4.35. The molecule has 0 saturated carbocycles. The minimum Gasteiger partial charge on any atom is -0.339 e. The normalized spacial score (nSPS) is 27.7. The van der Waals surface area contributed by atoms with E-state index in [1.165, 1.54) is 12.8 Å². The van der Waals surface area contributed by atoms with E-state index in [-0.39, 0.29) is 0 Å². The second-order valence-corrected chi connectivity index (χ2v) is 6.82. The fourth-order valence-corrected chi connectivity index (χ4v) is 4.35. The molecule has 2 fully saturated rings. The molecule has 5 nitrogen and oxygen atoms in total. The number of hydrogen-bond donors (Lipinski definition) is 1. The Bertz CT molecular complexity index is 811. The van der Waals surface area contributed by atoms with Crippen LogP contribution in [0.2, 0.25) is 0 Å². The molecular formula is C15H14N4OS. The third-order valence-electron chi connectivity index (χ3n) is 4.62. The summed E-state index contributed by atoms with van der Waals surface area (Å²) in [5.74, 6) is 1.80. The molecule has 2 saturated heterocycles. The van der Waals surface area contributed by atoms with Gasteiger partial charge in [-0.15, -0.1) is 11.3 Å². The van der Waals surface area contributed by atoms with Gasteiger partial charge in [0.1, 0.15) is 0 Å². The monoisotopic (exact) mass is 298 g/mol. The van der Waals surface area contributed by atoms with E-state index in [1.807, 2.05) is 17.6 Å². The highest BCUT2D eigenvalue weighted by Gasteiger charge is 2.42. The van der Waals surface area contributed by atoms with Crippen LogP contribution in [-0.2, 0) is 0 Å². The second-order valence-electron chi connectivity index (χ2n) is 5.87. The summed E-state index contributed by atoms with van der Waals surface area (Å²) < 4.78 is 6.68. The molecule has 3 aromatic heterocycles. The predicted molar refractivity (Wildman–Crippen MR) is 80.2 cm³/mol. The van der Waals surface area contributed by atoms with Gasteiger partial charge in [-0.3, -0.25) is 4.98 Å². The number of hydrogen-bond acceptors (Lipinski definition) is 6. The lowest BCUT2D eigenvalue weighted by Gasteiger charge is -2.15. The zero-order valence-electron chi connectivity index (χ0n) is 11.3. The first-order valence-electron chi connectivity index (χ1n) is 7.30. The number of thiophene rings is 1. The molecule has 0 amide bonds. The maximum absolute atomic E-state index is 5.52. The summed E-state index contributed by atoms with van der Waals surface area (Å²) in [6.45, 7) is 0. The smallest absolute Gasteiger partial charge is 0.231 e. The zero-order valence-corrected chi connectivity index (χ0v) is 12.1. The first-order valence-corrected chi connectivity index (χ1v) is 8.18. The molecule has 5 rings (SSSR count). The summed E-state index contributed by atoms with van der Waals surface area (Å²) in [4.78, 5) is 9.06. The van der Waals surface area contributed by atoms with Gasteiger partial charge in [-0.2, -0.15) is 4.98 Å². The molecule has 1 N–H and O–H groups in total. The van der Waals surface area contributed by atoms with E-state index in [2.05, 4.69) is 26.5 Å². The Morgan fingerprint density at radius 3 is 3.19 bits per heavy atom. The van der Waals surface area contributed by atoms with E-state index in [1.54, 1.807) is 11.3 Å². The fourth-order valence-electron chi connectivity index (χ4n) is 3.57. The number of rotatable bonds is 2. The van der Waals surface area contributed by atoms with Crippen LogP contribution in [0.5, 0.6) is 0 Å². The number of nitrogens with zero attached hydrogens (tertiary/aromatic N) is 3. The maximum Gasteiger partial charge on any atom is 0.231 e. The zero-order chi connectivity index (χ0) is 13.8. The van der Waals surface area contributed by atoms with Crippen molar-refractivity contribution in [2.75, 3.05) is 0 Å². The largest absolute Gasteiger partial charge is 0.339 e. The van der Waals surface area contributed by atoms with E-state index < -0.39 is 0 Å². The van der Waals surface area contributed by atoms with Crippen molar-refractivity contribution in [1.82, 2.24) is 20.4 Å². The molecule has 3 unspecified atom stereocenters. The minimum atomic E-state index is 0.378. The molecule has 3 aromatic rings. The number of pyridine rings is 1. The lowest BCUT2D eigenvalue weighted by Crippen LogP contribution is -2.21. The highest BCUT2D eigenvalue weighted by atomic mass is 32.1. The number of nitrogens with one attached hydrogen (secondary N) is 1. The van der Waals surface area contributed by atoms with Crippen LogP contribution in [-0.4, -0.2) is 27.2 Å². The van der Waals surface area contributed by atoms with Gasteiger partial charge in [0.15, 0.2) is 0 Å². The van der Waals surface area contributed by atoms with Gasteiger partial charge in [0.05, 0.1) is 16.1 Å². The predicted octanol–water partition coefficient (Wildman–Crippen LogP) is 2.95. The molecule has 0 spiro atoms. The first-order chi connectivity index (χ1) is 10.4. The SMILES string of the molecule is c1cc2ncc(-c3noc(C4CC5CCC4N5)n3)cc2s1. The van der Waals surface area contributed by atoms with Crippen LogP contribution in [0.4, 0.5) is 0 Å². The van der Waals surface area contributed by atoms with E-state index in [4.69, 9.17) is 4.52 Å². The van der Waals surface area contributed by atoms with Crippen LogP contribution >= 0.6 is 11.3 Å². The van der Waals surface area contributed by atoms with Gasteiger partial charge in [-0.25, -0.2) is 0 Å². The van der Waals surface area contributed by atoms with Crippen molar-refractivity contribution in [3.05, 3.63) is 29.6 Å². The molecule has 5 heterocycles. The highest BCUT2D eigenvalue weighted by Crippen LogP contribution is 2.39. The Labute approximate surface area is 125 Å². The topological polar surface area (TPSA) is 63.8 Å². The summed E-state index contributed by atoms with van der Waals surface area (Å²) in [7, 11) is 0. The highest BCUT2D eigenvalue weighted by molar-refractivity contribution is 7.17. The molecule has 3 atom stereocenters. The van der Waals surface area contributed by atoms with Crippen LogP contribution in [0, 0.1) is 0 Å². The van der Waals surface area contributed by atoms with Crippen LogP contribution in [0.15, 0.2) is 28.2 Å². The van der Waals surface area contributed by atoms with Crippen molar-refractivity contribution >= 4 is 21.6 Å². The lowest BCUT2D eigenvalue weighted by atomic mass is 9.89. The third kappa shape index (κ3) is 1.82. The van der Waals surface area contributed by atoms with Gasteiger partial charge in [0.25, 0.3) is 0 Å². The van der Waals surface area contributed by atoms with Gasteiger partial charge < -0.3 is 9.84 Å². The number of fused-ring (bicyclic) bond motifs is 3. The molecular weight excluding hydrogens is 284 g/mol. The van der Waals surface area contributed by atoms with Gasteiger partial charge in [0.2, 0.25) is 11.7 Å². The Balaban J connectivity index is 1.50. The third-order valence-corrected chi connectivity index (χ3v) is 5.47. The first kappa shape index (κ1) is 11.8. The van der Waals surface area contributed by atoms with E-state index >= 15 is 0 Å². The number of aromatic nitrogens is 3. The molecule has 0 aromatic carbocycles. The molecule has 0 aliphatic carbocycles. The van der Waals surface area contributed by atoms with E-state index in [9.17, 15) is 0 Å². The van der Waals surface area contributed by atoms with E-state index in [0.717, 1.165) is 28.1 Å². The molecule has 2 bridgehead atoms. The molecule has 0 radical (unpaired) electrons. The van der Waals surface area contributed by atoms with Crippen LogP contribution in [0.3, 0.4) is 0 Å². The van der Waals surface area contributed by atoms with Gasteiger partial charge in [-0.1, -0.05) is 5.16 Å². The van der Waals surface area contributed by atoms with Gasteiger partial charge in [0, 0.05) is 23.8 Å². The van der Waals surface area contributed by atoms with Crippen molar-refractivity contribution in [1.29, 1.82) is 0 Å². The molecule has 6 heteroatoms. The van der Waals surface area contributed by atoms with Crippen LogP contribution < -0.4 is 5.32 Å². The summed E-state index contributed by atoms with van der Waals surface area (Å²) in [6.07, 6.45) is 5.44. The Morgan fingerprint density at radius 2 is 2.33 bits per heavy atom. The standard InChI is InChI=1S/C15H14N4OS/c1-2-11-10(6-9(1)17-11)15-18-14(19-20-15)8-5-13-12(16-7-8)3-4-21-13/h3-5,7,9-11,17H,1-2,6H2. The van der Waals surface area contributed by atoms with Crippen molar-refractivity contribution in [2.45, 2.75) is 37.3 Å². The van der Waals surface area contributed by atoms with Crippen molar-refractivity contribution < 1.29 is 4.52 Å². The summed E-state index contributed by atoms with van der Waals surface area (Å²) >= 11 is 1.68. The average molecular weight is 298 g/mol. The Hall–Kier alpha value is -1.79. The van der Waals surface area contributed by atoms with Crippen molar-refractivity contribution in [3.8, 4) is 11.4 Å². The Kier molecular flexibility index (Phi) is 2.45. The maximum atomic E-state index is 5.52. The summed E-state index contributed by atoms with van der Waals surface area (Å²) in [5.41, 5.74) is 1.95. The van der Waals surface area contributed by atoms with Crippen LogP contribution in [0.1, 0.15) is 31.1 Å². The molecule has 2 aliphatic heterocycles. The Morgan fingerprint density at radius 1 is 1.33 bits per heavy atom. The summed E-state index contributed by atoms with van der Waals surface area (Å²) in [6, 6.07) is 5.26. The van der Waals surface area contributed by atoms with Gasteiger partial charge in [-0.05, 0) is 36.8 Å². The quantitative estimate of drug-likeness (QED) is 0.788. The summed E-state index contributed by atoms with van der Waals surface area (Å²) in [5, 5.41) is 9.81. The van der Waals surface area contributed by atoms with Gasteiger partial charge >= 0.3 is 0 Å². The molecule has 2 aliphatic rings. The van der Waals surface area contributed by atoms with Crippen molar-refractivity contribution in [3.63, 3.8) is 0 Å². The van der Waals surface area contributed by atoms with Crippen molar-refractivity contribution in [2.24, 2.45) is 0 Å².